The number of rotatable bonds is 4. The summed E-state index contributed by atoms with van der Waals surface area (Å²) in [6, 6.07) is 14.0. The minimum atomic E-state index is -0.853. The SMILES string of the molecule is CC(=O)Nc1ccc(F)c(NC(=O)c2nn(-c3ccccc3)c(C)cc2=O)c1. The average molecular weight is 380 g/mol. The van der Waals surface area contributed by atoms with Gasteiger partial charge < -0.3 is 10.6 Å². The van der Waals surface area contributed by atoms with Crippen molar-refractivity contribution in [3.63, 3.8) is 0 Å². The maximum atomic E-state index is 14.1. The Hall–Kier alpha value is -3.81. The largest absolute Gasteiger partial charge is 0.326 e. The topological polar surface area (TPSA) is 93.1 Å². The van der Waals surface area contributed by atoms with Crippen LogP contribution in [0.2, 0.25) is 0 Å². The van der Waals surface area contributed by atoms with Gasteiger partial charge in [0, 0.05) is 24.4 Å². The van der Waals surface area contributed by atoms with Gasteiger partial charge in [-0.15, -0.1) is 0 Å². The van der Waals surface area contributed by atoms with E-state index < -0.39 is 17.2 Å². The molecule has 0 radical (unpaired) electrons. The number of benzene rings is 2. The van der Waals surface area contributed by atoms with E-state index in [1.165, 1.54) is 29.8 Å². The summed E-state index contributed by atoms with van der Waals surface area (Å²) in [6.45, 7) is 3.00. The molecule has 3 aromatic rings. The number of aromatic nitrogens is 2. The van der Waals surface area contributed by atoms with Crippen LogP contribution >= 0.6 is 0 Å². The first kappa shape index (κ1) is 19.0. The van der Waals surface area contributed by atoms with E-state index in [1.807, 2.05) is 6.07 Å². The number of para-hydroxylation sites is 1. The quantitative estimate of drug-likeness (QED) is 0.728. The summed E-state index contributed by atoms with van der Waals surface area (Å²) < 4.78 is 15.5. The highest BCUT2D eigenvalue weighted by molar-refractivity contribution is 6.03. The van der Waals surface area contributed by atoms with Gasteiger partial charge in [0.05, 0.1) is 11.4 Å². The van der Waals surface area contributed by atoms with E-state index in [4.69, 9.17) is 0 Å². The molecule has 0 unspecified atom stereocenters. The summed E-state index contributed by atoms with van der Waals surface area (Å²) in [5, 5.41) is 8.97. The molecule has 0 spiro atoms. The summed E-state index contributed by atoms with van der Waals surface area (Å²) in [6.07, 6.45) is 0. The van der Waals surface area contributed by atoms with E-state index in [-0.39, 0.29) is 17.3 Å². The number of nitrogens with zero attached hydrogens (tertiary/aromatic N) is 2. The number of anilines is 2. The van der Waals surface area contributed by atoms with Gasteiger partial charge in [-0.3, -0.25) is 14.4 Å². The van der Waals surface area contributed by atoms with Crippen molar-refractivity contribution < 1.29 is 14.0 Å². The minimum Gasteiger partial charge on any atom is -0.326 e. The first-order chi connectivity index (χ1) is 13.3. The number of carbonyl (C=O) groups excluding carboxylic acids is 2. The lowest BCUT2D eigenvalue weighted by Crippen LogP contribution is -2.27. The summed E-state index contributed by atoms with van der Waals surface area (Å²) >= 11 is 0. The lowest BCUT2D eigenvalue weighted by molar-refractivity contribution is -0.114. The van der Waals surface area contributed by atoms with Crippen LogP contribution in [0.3, 0.4) is 0 Å². The van der Waals surface area contributed by atoms with Crippen molar-refractivity contribution in [2.75, 3.05) is 10.6 Å². The first-order valence-electron chi connectivity index (χ1n) is 8.40. The zero-order valence-electron chi connectivity index (χ0n) is 15.2. The second-order valence-electron chi connectivity index (χ2n) is 6.08. The Morgan fingerprint density at radius 3 is 2.43 bits per heavy atom. The number of aryl methyl sites for hydroxylation is 1. The molecule has 28 heavy (non-hydrogen) atoms. The highest BCUT2D eigenvalue weighted by Crippen LogP contribution is 2.20. The zero-order chi connectivity index (χ0) is 20.3. The molecule has 2 N–H and O–H groups in total. The Balaban J connectivity index is 1.95. The normalized spacial score (nSPS) is 10.4. The Bertz CT molecular complexity index is 1110. The van der Waals surface area contributed by atoms with Gasteiger partial charge in [0.15, 0.2) is 5.69 Å². The molecule has 7 nitrogen and oxygen atoms in total. The predicted molar refractivity (Wildman–Crippen MR) is 103 cm³/mol. The number of amides is 2. The molecule has 0 bridgehead atoms. The number of nitrogens with one attached hydrogen (secondary N) is 2. The zero-order valence-corrected chi connectivity index (χ0v) is 15.2. The van der Waals surface area contributed by atoms with Gasteiger partial charge in [0.1, 0.15) is 5.82 Å². The number of hydrogen-bond donors (Lipinski definition) is 2. The van der Waals surface area contributed by atoms with E-state index in [0.717, 1.165) is 6.07 Å². The molecule has 0 saturated carbocycles. The van der Waals surface area contributed by atoms with Crippen LogP contribution in [0.25, 0.3) is 5.69 Å². The molecular formula is C20H17FN4O3. The molecule has 0 aliphatic heterocycles. The van der Waals surface area contributed by atoms with Crippen LogP contribution < -0.4 is 16.1 Å². The second-order valence-corrected chi connectivity index (χ2v) is 6.08. The Kier molecular flexibility index (Phi) is 5.30. The Morgan fingerprint density at radius 1 is 1.04 bits per heavy atom. The van der Waals surface area contributed by atoms with Gasteiger partial charge in [-0.05, 0) is 37.3 Å². The number of halogens is 1. The average Bonchev–Trinajstić information content (AvgIpc) is 2.64. The van der Waals surface area contributed by atoms with Crippen LogP contribution in [0.1, 0.15) is 23.1 Å². The van der Waals surface area contributed by atoms with E-state index in [9.17, 15) is 18.8 Å². The van der Waals surface area contributed by atoms with Gasteiger partial charge in [0.2, 0.25) is 11.3 Å². The van der Waals surface area contributed by atoms with Gasteiger partial charge in [-0.25, -0.2) is 9.07 Å². The van der Waals surface area contributed by atoms with E-state index in [0.29, 0.717) is 17.1 Å². The summed E-state index contributed by atoms with van der Waals surface area (Å²) in [7, 11) is 0. The molecule has 0 saturated heterocycles. The molecule has 0 aliphatic carbocycles. The monoisotopic (exact) mass is 380 g/mol. The predicted octanol–water partition coefficient (Wildman–Crippen LogP) is 2.89. The molecule has 1 aromatic heterocycles. The fourth-order valence-electron chi connectivity index (χ4n) is 2.62. The minimum absolute atomic E-state index is 0.177. The molecule has 0 aliphatic rings. The fraction of sp³-hybridized carbons (Fsp3) is 0.100. The van der Waals surface area contributed by atoms with Crippen LogP contribution in [0.15, 0.2) is 59.4 Å². The van der Waals surface area contributed by atoms with Crippen molar-refractivity contribution in [2.24, 2.45) is 0 Å². The molecule has 8 heteroatoms. The molecule has 142 valence electrons. The highest BCUT2D eigenvalue weighted by Gasteiger charge is 2.17. The first-order valence-corrected chi connectivity index (χ1v) is 8.40. The van der Waals surface area contributed by atoms with Crippen molar-refractivity contribution in [3.05, 3.63) is 82.0 Å². The van der Waals surface area contributed by atoms with Gasteiger partial charge in [-0.2, -0.15) is 5.10 Å². The smallest absolute Gasteiger partial charge is 0.280 e. The van der Waals surface area contributed by atoms with Gasteiger partial charge >= 0.3 is 0 Å². The molecular weight excluding hydrogens is 363 g/mol. The van der Waals surface area contributed by atoms with E-state index in [1.54, 1.807) is 31.2 Å². The summed E-state index contributed by atoms with van der Waals surface area (Å²) in [4.78, 5) is 36.0. The molecule has 2 aromatic carbocycles. The molecule has 1 heterocycles. The Labute approximate surface area is 159 Å². The summed E-state index contributed by atoms with van der Waals surface area (Å²) in [5.74, 6) is -1.90. The van der Waals surface area contributed by atoms with E-state index in [2.05, 4.69) is 15.7 Å². The number of carbonyl (C=O) groups is 2. The molecule has 0 fully saturated rings. The van der Waals surface area contributed by atoms with Crippen molar-refractivity contribution in [3.8, 4) is 5.69 Å². The van der Waals surface area contributed by atoms with Crippen LogP contribution in [0, 0.1) is 12.7 Å². The molecule has 3 rings (SSSR count). The second kappa shape index (κ2) is 7.83. The Morgan fingerprint density at radius 2 is 1.75 bits per heavy atom. The third-order valence-electron chi connectivity index (χ3n) is 3.86. The lowest BCUT2D eigenvalue weighted by Gasteiger charge is -2.12. The lowest BCUT2D eigenvalue weighted by atomic mass is 10.2. The molecule has 0 atom stereocenters. The van der Waals surface area contributed by atoms with Crippen LogP contribution in [-0.4, -0.2) is 21.6 Å². The fourth-order valence-corrected chi connectivity index (χ4v) is 2.62. The van der Waals surface area contributed by atoms with Gasteiger partial charge in [0.25, 0.3) is 5.91 Å². The van der Waals surface area contributed by atoms with Crippen molar-refractivity contribution in [1.29, 1.82) is 0 Å². The van der Waals surface area contributed by atoms with Crippen LogP contribution in [-0.2, 0) is 4.79 Å². The molecule has 2 amide bonds. The summed E-state index contributed by atoms with van der Waals surface area (Å²) in [5.41, 5.74) is 0.394. The third-order valence-corrected chi connectivity index (χ3v) is 3.86. The maximum Gasteiger partial charge on any atom is 0.280 e. The van der Waals surface area contributed by atoms with Crippen LogP contribution in [0.4, 0.5) is 15.8 Å². The highest BCUT2D eigenvalue weighted by atomic mass is 19.1. The maximum absolute atomic E-state index is 14.1. The van der Waals surface area contributed by atoms with Crippen molar-refractivity contribution >= 4 is 23.2 Å². The van der Waals surface area contributed by atoms with Crippen molar-refractivity contribution in [1.82, 2.24) is 9.78 Å². The standard InChI is InChI=1S/C20H17FN4O3/c1-12-10-18(27)19(24-25(12)15-6-4-3-5-7-15)20(28)23-17-11-14(22-13(2)26)8-9-16(17)21/h3-11H,1-2H3,(H,22,26)(H,23,28). The van der Waals surface area contributed by atoms with Crippen molar-refractivity contribution in [2.45, 2.75) is 13.8 Å². The third kappa shape index (κ3) is 4.12. The van der Waals surface area contributed by atoms with Crippen LogP contribution in [0.5, 0.6) is 0 Å². The number of hydrogen-bond acceptors (Lipinski definition) is 4. The van der Waals surface area contributed by atoms with Gasteiger partial charge in [-0.1, -0.05) is 18.2 Å². The van der Waals surface area contributed by atoms with E-state index >= 15 is 0 Å².